The summed E-state index contributed by atoms with van der Waals surface area (Å²) >= 11 is 1.71. The van der Waals surface area contributed by atoms with Crippen LogP contribution >= 0.6 is 11.3 Å². The molecule has 1 unspecified atom stereocenters. The lowest BCUT2D eigenvalue weighted by atomic mass is 10.1. The number of rotatable bonds is 12. The highest BCUT2D eigenvalue weighted by molar-refractivity contribution is 7.83. The number of allylic oxidation sites excluding steroid dienone is 5. The van der Waals surface area contributed by atoms with Gasteiger partial charge in [-0.1, -0.05) is 60.7 Å². The predicted octanol–water partition coefficient (Wildman–Crippen LogP) is 6.42. The molecule has 1 atom stereocenters. The first-order valence-electron chi connectivity index (χ1n) is 12.3. The van der Waals surface area contributed by atoms with Crippen molar-refractivity contribution >= 4 is 27.5 Å². The van der Waals surface area contributed by atoms with E-state index in [1.807, 2.05) is 51.7 Å². The second-order valence-electron chi connectivity index (χ2n) is 8.66. The van der Waals surface area contributed by atoms with Crippen LogP contribution in [-0.2, 0) is 24.0 Å². The Bertz CT molecular complexity index is 927. The van der Waals surface area contributed by atoms with Gasteiger partial charge < -0.3 is 5.32 Å². The fourth-order valence-corrected chi connectivity index (χ4v) is 5.15. The Morgan fingerprint density at radius 2 is 1.97 bits per heavy atom. The number of thiazole rings is 1. The summed E-state index contributed by atoms with van der Waals surface area (Å²) in [6, 6.07) is 10.9. The number of nitrogens with zero attached hydrogens (tertiary/aromatic N) is 2. The van der Waals surface area contributed by atoms with Gasteiger partial charge in [0.15, 0.2) is 5.13 Å². The van der Waals surface area contributed by atoms with Gasteiger partial charge in [0.2, 0.25) is 0 Å². The van der Waals surface area contributed by atoms with Gasteiger partial charge in [0.1, 0.15) is 0 Å². The highest BCUT2D eigenvalue weighted by Crippen LogP contribution is 2.21. The SMILES string of the molecule is C=C[CH]/C=C\C=C\CCc1ccccc1.CNc1ncc(CN2CCC(NS(=O)C(C)C)CC2)s1.[HH].[HH]. The monoisotopic (exact) mass is 517 g/mol. The van der Waals surface area contributed by atoms with E-state index in [1.165, 1.54) is 10.4 Å². The first-order chi connectivity index (χ1) is 17.0. The van der Waals surface area contributed by atoms with E-state index in [4.69, 9.17) is 0 Å². The van der Waals surface area contributed by atoms with Crippen molar-refractivity contribution in [2.24, 2.45) is 0 Å². The van der Waals surface area contributed by atoms with Crippen LogP contribution in [0.2, 0.25) is 0 Å². The van der Waals surface area contributed by atoms with Crippen LogP contribution in [0.1, 0.15) is 46.4 Å². The first-order valence-corrected chi connectivity index (χ1v) is 14.4. The summed E-state index contributed by atoms with van der Waals surface area (Å²) in [5, 5.41) is 4.23. The number of piperidine rings is 1. The number of aromatic nitrogens is 1. The average Bonchev–Trinajstić information content (AvgIpc) is 3.33. The molecule has 0 aliphatic carbocycles. The van der Waals surface area contributed by atoms with E-state index in [-0.39, 0.29) is 8.10 Å². The molecule has 1 aliphatic rings. The molecular formula is C28H45N4OS2. The lowest BCUT2D eigenvalue weighted by molar-refractivity contribution is 0.202. The molecule has 3 rings (SSSR count). The van der Waals surface area contributed by atoms with E-state index in [1.54, 1.807) is 17.4 Å². The van der Waals surface area contributed by atoms with Crippen LogP contribution in [-0.4, -0.2) is 45.5 Å². The van der Waals surface area contributed by atoms with Gasteiger partial charge in [0.05, 0.1) is 11.0 Å². The molecule has 35 heavy (non-hydrogen) atoms. The average molecular weight is 518 g/mol. The summed E-state index contributed by atoms with van der Waals surface area (Å²) in [4.78, 5) is 8.05. The Kier molecular flexibility index (Phi) is 14.5. The fraction of sp³-hybridized carbons (Fsp3) is 0.429. The van der Waals surface area contributed by atoms with Crippen molar-refractivity contribution < 1.29 is 7.06 Å². The molecule has 5 nitrogen and oxygen atoms in total. The maximum atomic E-state index is 11.8. The van der Waals surface area contributed by atoms with Crippen LogP contribution in [0, 0.1) is 6.42 Å². The predicted molar refractivity (Wildman–Crippen MR) is 158 cm³/mol. The fourth-order valence-electron chi connectivity index (χ4n) is 3.50. The van der Waals surface area contributed by atoms with Crippen LogP contribution in [0.5, 0.6) is 0 Å². The summed E-state index contributed by atoms with van der Waals surface area (Å²) in [6.07, 6.45) is 18.2. The maximum Gasteiger partial charge on any atom is 0.182 e. The van der Waals surface area contributed by atoms with Crippen molar-refractivity contribution in [3.05, 3.63) is 90.3 Å². The third kappa shape index (κ3) is 12.5. The zero-order chi connectivity index (χ0) is 25.3. The molecule has 0 bridgehead atoms. The number of anilines is 1. The third-order valence-corrected chi connectivity index (χ3v) is 7.91. The van der Waals surface area contributed by atoms with E-state index in [2.05, 4.69) is 62.9 Å². The third-order valence-electron chi connectivity index (χ3n) is 5.49. The van der Waals surface area contributed by atoms with Crippen LogP contribution in [0.3, 0.4) is 0 Å². The van der Waals surface area contributed by atoms with Crippen molar-refractivity contribution in [2.45, 2.75) is 57.4 Å². The van der Waals surface area contributed by atoms with Crippen molar-refractivity contribution in [2.75, 3.05) is 25.5 Å². The molecule has 1 radical (unpaired) electrons. The van der Waals surface area contributed by atoms with Gasteiger partial charge in [-0.15, -0.1) is 17.9 Å². The summed E-state index contributed by atoms with van der Waals surface area (Å²) in [5.74, 6) is 0. The molecule has 1 aromatic heterocycles. The maximum absolute atomic E-state index is 11.8. The molecular weight excluding hydrogens is 472 g/mol. The minimum Gasteiger partial charge on any atom is -0.365 e. The van der Waals surface area contributed by atoms with Gasteiger partial charge in [0, 0.05) is 58.3 Å². The Morgan fingerprint density at radius 3 is 2.60 bits per heavy atom. The van der Waals surface area contributed by atoms with Crippen LogP contribution in [0.25, 0.3) is 0 Å². The number of hydrogen-bond acceptors (Lipinski definition) is 5. The van der Waals surface area contributed by atoms with Crippen molar-refractivity contribution in [1.29, 1.82) is 0 Å². The standard InChI is InChI=1S/C15H17.C13H24N4OS2.2H2/c1-2-3-4-5-6-7-9-12-15-13-10-8-11-14-15;1-10(2)20(18)16-11-4-6-17(7-5-11)9-12-8-15-13(14-3)19-12;;/h2-8,10-11,13-14H,1,9,12H2;8,10-11,16H,4-7,9H2,1-3H3,(H,14,15);2*1H/b5-4-,7-6+;;;. The summed E-state index contributed by atoms with van der Waals surface area (Å²) < 4.78 is 15.0. The number of nitrogens with one attached hydrogen (secondary N) is 2. The van der Waals surface area contributed by atoms with Crippen LogP contribution < -0.4 is 10.0 Å². The van der Waals surface area contributed by atoms with E-state index in [9.17, 15) is 4.21 Å². The summed E-state index contributed by atoms with van der Waals surface area (Å²) in [5.41, 5.74) is 1.39. The highest BCUT2D eigenvalue weighted by atomic mass is 32.2. The lowest BCUT2D eigenvalue weighted by Crippen LogP contribution is -2.43. The topological polar surface area (TPSA) is 57.3 Å². The smallest absolute Gasteiger partial charge is 0.182 e. The van der Waals surface area contributed by atoms with Crippen molar-refractivity contribution in [3.63, 3.8) is 0 Å². The Morgan fingerprint density at radius 1 is 1.23 bits per heavy atom. The minimum atomic E-state index is -0.901. The molecule has 1 fully saturated rings. The molecule has 1 aromatic carbocycles. The molecule has 0 amide bonds. The van der Waals surface area contributed by atoms with Gasteiger partial charge >= 0.3 is 0 Å². The molecule has 0 spiro atoms. The Hall–Kier alpha value is -2.06. The largest absolute Gasteiger partial charge is 0.365 e. The van der Waals surface area contributed by atoms with Gasteiger partial charge in [-0.05, 0) is 45.1 Å². The molecule has 2 heterocycles. The Balaban J connectivity index is 0.000000690. The van der Waals surface area contributed by atoms with Gasteiger partial charge in [-0.25, -0.2) is 13.9 Å². The highest BCUT2D eigenvalue weighted by Gasteiger charge is 2.21. The van der Waals surface area contributed by atoms with Gasteiger partial charge in [-0.2, -0.15) is 0 Å². The minimum absolute atomic E-state index is 0. The Labute approximate surface area is 222 Å². The second-order valence-corrected chi connectivity index (χ2v) is 11.6. The van der Waals surface area contributed by atoms with E-state index in [0.29, 0.717) is 6.04 Å². The van der Waals surface area contributed by atoms with Crippen LogP contribution in [0.4, 0.5) is 5.13 Å². The van der Waals surface area contributed by atoms with Crippen LogP contribution in [0.15, 0.2) is 73.5 Å². The van der Waals surface area contributed by atoms with E-state index in [0.717, 1.165) is 50.4 Å². The molecule has 1 saturated heterocycles. The zero-order valence-electron chi connectivity index (χ0n) is 21.4. The van der Waals surface area contributed by atoms with Gasteiger partial charge in [0.25, 0.3) is 0 Å². The quantitative estimate of drug-likeness (QED) is 0.319. The molecule has 2 N–H and O–H groups in total. The van der Waals surface area contributed by atoms with E-state index < -0.39 is 11.0 Å². The van der Waals surface area contributed by atoms with E-state index >= 15 is 0 Å². The number of benzene rings is 1. The van der Waals surface area contributed by atoms with Crippen molar-refractivity contribution in [3.8, 4) is 0 Å². The van der Waals surface area contributed by atoms with Gasteiger partial charge in [-0.3, -0.25) is 4.90 Å². The number of likely N-dealkylation sites (tertiary alicyclic amines) is 1. The number of hydrogen-bond donors (Lipinski definition) is 2. The zero-order valence-corrected chi connectivity index (χ0v) is 23.0. The second kappa shape index (κ2) is 17.4. The molecule has 0 saturated carbocycles. The summed E-state index contributed by atoms with van der Waals surface area (Å²) in [6.45, 7) is 10.7. The molecule has 2 aromatic rings. The molecule has 1 aliphatic heterocycles. The summed E-state index contributed by atoms with van der Waals surface area (Å²) in [7, 11) is 0.996. The first kappa shape index (κ1) is 29.2. The molecule has 7 heteroatoms. The van der Waals surface area contributed by atoms with Crippen molar-refractivity contribution in [1.82, 2.24) is 14.6 Å². The molecule has 195 valence electrons. The normalized spacial score (nSPS) is 15.9. The lowest BCUT2D eigenvalue weighted by Gasteiger charge is -2.32. The number of aryl methyl sites for hydroxylation is 1.